The maximum atomic E-state index is 4.86. The van der Waals surface area contributed by atoms with Gasteiger partial charge in [-0.3, -0.25) is 4.99 Å². The highest BCUT2D eigenvalue weighted by atomic mass is 14.8. The zero-order valence-corrected chi connectivity index (χ0v) is 10.6. The van der Waals surface area contributed by atoms with Crippen LogP contribution in [0, 0.1) is 19.8 Å². The number of rotatable bonds is 1. The topological polar surface area (TPSA) is 12.4 Å². The van der Waals surface area contributed by atoms with Gasteiger partial charge in [0.05, 0.1) is 5.69 Å². The predicted octanol–water partition coefficient (Wildman–Crippen LogP) is 4.59. The Morgan fingerprint density at radius 2 is 2.00 bits per heavy atom. The van der Waals surface area contributed by atoms with Gasteiger partial charge in [-0.15, -0.1) is 0 Å². The summed E-state index contributed by atoms with van der Waals surface area (Å²) < 4.78 is 0. The number of aryl methyl sites for hydroxylation is 2. The molecule has 0 bridgehead atoms. The molecule has 0 saturated heterocycles. The lowest BCUT2D eigenvalue weighted by atomic mass is 9.88. The first-order valence-electron chi connectivity index (χ1n) is 6.31. The molecule has 0 spiro atoms. The molecule has 1 heteroatoms. The zero-order chi connectivity index (χ0) is 11.5. The lowest BCUT2D eigenvalue weighted by Gasteiger charge is -2.20. The molecule has 0 aromatic heterocycles. The molecular weight excluding hydrogens is 194 g/mol. The third-order valence-electron chi connectivity index (χ3n) is 3.51. The maximum Gasteiger partial charge on any atom is 0.0658 e. The van der Waals surface area contributed by atoms with Crippen molar-refractivity contribution >= 4 is 11.4 Å². The predicted molar refractivity (Wildman–Crippen MR) is 70.6 cm³/mol. The second-order valence-electron chi connectivity index (χ2n) is 5.04. The Balaban J connectivity index is 2.27. The monoisotopic (exact) mass is 215 g/mol. The standard InChI is InChI=1S/C15H21N/c1-11-8-9-15(13(3)10-11)16-14-7-5-4-6-12(14)2/h8-10,12H,4-7H2,1-3H3/b16-14+. The number of hydrogen-bond donors (Lipinski definition) is 0. The van der Waals surface area contributed by atoms with Crippen molar-refractivity contribution in [1.29, 1.82) is 0 Å². The molecule has 1 fully saturated rings. The molecule has 1 unspecified atom stereocenters. The summed E-state index contributed by atoms with van der Waals surface area (Å²) in [5.74, 6) is 0.675. The first kappa shape index (κ1) is 11.4. The van der Waals surface area contributed by atoms with Gasteiger partial charge in [-0.25, -0.2) is 0 Å². The molecule has 2 rings (SSSR count). The summed E-state index contributed by atoms with van der Waals surface area (Å²) in [5.41, 5.74) is 5.18. The normalized spacial score (nSPS) is 23.7. The Labute approximate surface area is 98.6 Å². The molecule has 1 atom stereocenters. The number of nitrogens with zero attached hydrogens (tertiary/aromatic N) is 1. The van der Waals surface area contributed by atoms with Crippen LogP contribution in [-0.2, 0) is 0 Å². The summed E-state index contributed by atoms with van der Waals surface area (Å²) in [7, 11) is 0. The molecule has 1 saturated carbocycles. The van der Waals surface area contributed by atoms with Crippen molar-refractivity contribution in [2.24, 2.45) is 10.9 Å². The van der Waals surface area contributed by atoms with Gasteiger partial charge in [0.2, 0.25) is 0 Å². The first-order chi connectivity index (χ1) is 7.66. The highest BCUT2D eigenvalue weighted by Crippen LogP contribution is 2.26. The minimum absolute atomic E-state index is 0.675. The van der Waals surface area contributed by atoms with E-state index in [1.54, 1.807) is 0 Å². The van der Waals surface area contributed by atoms with Gasteiger partial charge in [0, 0.05) is 5.71 Å². The van der Waals surface area contributed by atoms with E-state index < -0.39 is 0 Å². The fourth-order valence-electron chi connectivity index (χ4n) is 2.42. The van der Waals surface area contributed by atoms with E-state index >= 15 is 0 Å². The molecule has 0 aliphatic heterocycles. The number of hydrogen-bond acceptors (Lipinski definition) is 1. The summed E-state index contributed by atoms with van der Waals surface area (Å²) in [6.45, 7) is 6.59. The Morgan fingerprint density at radius 1 is 1.19 bits per heavy atom. The summed E-state index contributed by atoms with van der Waals surface area (Å²) >= 11 is 0. The SMILES string of the molecule is Cc1ccc(/N=C2\CCCCC2C)c(C)c1. The van der Waals surface area contributed by atoms with Gasteiger partial charge in [-0.2, -0.15) is 0 Å². The van der Waals surface area contributed by atoms with Crippen molar-refractivity contribution in [3.63, 3.8) is 0 Å². The Bertz CT molecular complexity index is 404. The molecule has 16 heavy (non-hydrogen) atoms. The number of benzene rings is 1. The van der Waals surface area contributed by atoms with Crippen LogP contribution < -0.4 is 0 Å². The van der Waals surface area contributed by atoms with Crippen LogP contribution in [-0.4, -0.2) is 5.71 Å². The zero-order valence-electron chi connectivity index (χ0n) is 10.6. The largest absolute Gasteiger partial charge is 0.257 e. The van der Waals surface area contributed by atoms with E-state index in [4.69, 9.17) is 4.99 Å². The molecule has 0 radical (unpaired) electrons. The van der Waals surface area contributed by atoms with Gasteiger partial charge in [0.15, 0.2) is 0 Å². The quantitative estimate of drug-likeness (QED) is 0.650. The van der Waals surface area contributed by atoms with Crippen molar-refractivity contribution in [2.45, 2.75) is 46.5 Å². The van der Waals surface area contributed by atoms with Crippen molar-refractivity contribution in [3.05, 3.63) is 29.3 Å². The molecule has 86 valence electrons. The van der Waals surface area contributed by atoms with Crippen LogP contribution in [0.4, 0.5) is 5.69 Å². The van der Waals surface area contributed by atoms with E-state index in [-0.39, 0.29) is 0 Å². The molecule has 1 nitrogen and oxygen atoms in total. The Morgan fingerprint density at radius 3 is 2.69 bits per heavy atom. The molecular formula is C15H21N. The minimum Gasteiger partial charge on any atom is -0.257 e. The van der Waals surface area contributed by atoms with Gasteiger partial charge in [-0.1, -0.05) is 31.0 Å². The van der Waals surface area contributed by atoms with Gasteiger partial charge < -0.3 is 0 Å². The van der Waals surface area contributed by atoms with Crippen molar-refractivity contribution in [1.82, 2.24) is 0 Å². The molecule has 0 heterocycles. The molecule has 1 aliphatic rings. The first-order valence-corrected chi connectivity index (χ1v) is 6.31. The minimum atomic E-state index is 0.675. The molecule has 1 aliphatic carbocycles. The van der Waals surface area contributed by atoms with Crippen LogP contribution in [0.2, 0.25) is 0 Å². The molecule has 1 aromatic rings. The van der Waals surface area contributed by atoms with E-state index in [2.05, 4.69) is 39.0 Å². The van der Waals surface area contributed by atoms with Gasteiger partial charge in [-0.05, 0) is 50.7 Å². The average molecular weight is 215 g/mol. The fourth-order valence-corrected chi connectivity index (χ4v) is 2.42. The van der Waals surface area contributed by atoms with Crippen LogP contribution in [0.15, 0.2) is 23.2 Å². The third kappa shape index (κ3) is 2.52. The second kappa shape index (κ2) is 4.82. The molecule has 1 aromatic carbocycles. The van der Waals surface area contributed by atoms with E-state index in [1.165, 1.54) is 42.5 Å². The van der Waals surface area contributed by atoms with Crippen molar-refractivity contribution in [3.8, 4) is 0 Å². The second-order valence-corrected chi connectivity index (χ2v) is 5.04. The Kier molecular flexibility index (Phi) is 3.42. The van der Waals surface area contributed by atoms with E-state index in [1.807, 2.05) is 0 Å². The number of aliphatic imine (C=N–C) groups is 1. The van der Waals surface area contributed by atoms with Gasteiger partial charge in [0.1, 0.15) is 0 Å². The smallest absolute Gasteiger partial charge is 0.0658 e. The lowest BCUT2D eigenvalue weighted by molar-refractivity contribution is 0.560. The van der Waals surface area contributed by atoms with Crippen molar-refractivity contribution < 1.29 is 0 Å². The Hall–Kier alpha value is -1.11. The van der Waals surface area contributed by atoms with Gasteiger partial charge >= 0.3 is 0 Å². The van der Waals surface area contributed by atoms with Crippen molar-refractivity contribution in [2.75, 3.05) is 0 Å². The van der Waals surface area contributed by atoms with Crippen LogP contribution in [0.5, 0.6) is 0 Å². The molecule has 0 N–H and O–H groups in total. The molecule has 0 amide bonds. The highest BCUT2D eigenvalue weighted by Gasteiger charge is 2.15. The maximum absolute atomic E-state index is 4.86. The summed E-state index contributed by atoms with van der Waals surface area (Å²) in [4.78, 5) is 4.86. The summed E-state index contributed by atoms with van der Waals surface area (Å²) in [6.07, 6.45) is 5.18. The summed E-state index contributed by atoms with van der Waals surface area (Å²) in [5, 5.41) is 0. The fraction of sp³-hybridized carbons (Fsp3) is 0.533. The van der Waals surface area contributed by atoms with E-state index in [0.29, 0.717) is 5.92 Å². The van der Waals surface area contributed by atoms with E-state index in [9.17, 15) is 0 Å². The van der Waals surface area contributed by atoms with E-state index in [0.717, 1.165) is 5.69 Å². The van der Waals surface area contributed by atoms with Gasteiger partial charge in [0.25, 0.3) is 0 Å². The third-order valence-corrected chi connectivity index (χ3v) is 3.51. The van der Waals surface area contributed by atoms with Crippen LogP contribution in [0.1, 0.15) is 43.7 Å². The lowest BCUT2D eigenvalue weighted by Crippen LogP contribution is -2.15. The average Bonchev–Trinajstić information content (AvgIpc) is 2.25. The van der Waals surface area contributed by atoms with Crippen LogP contribution in [0.3, 0.4) is 0 Å². The van der Waals surface area contributed by atoms with Crippen LogP contribution >= 0.6 is 0 Å². The highest BCUT2D eigenvalue weighted by molar-refractivity contribution is 5.89. The van der Waals surface area contributed by atoms with Crippen LogP contribution in [0.25, 0.3) is 0 Å². The summed E-state index contributed by atoms with van der Waals surface area (Å²) in [6, 6.07) is 6.52.